The van der Waals surface area contributed by atoms with Gasteiger partial charge in [-0.25, -0.2) is 21.6 Å². The van der Waals surface area contributed by atoms with Gasteiger partial charge in [0.2, 0.25) is 10.0 Å². The second-order valence-corrected chi connectivity index (χ2v) is 10.6. The predicted octanol–water partition coefficient (Wildman–Crippen LogP) is 0.215. The Morgan fingerprint density at radius 2 is 1.91 bits per heavy atom. The zero-order valence-corrected chi connectivity index (χ0v) is 14.5. The number of esters is 1. The van der Waals surface area contributed by atoms with E-state index >= 15 is 0 Å². The third kappa shape index (κ3) is 3.80. The minimum absolute atomic E-state index is 0.0167. The van der Waals surface area contributed by atoms with Crippen molar-refractivity contribution in [2.45, 2.75) is 49.8 Å². The molecule has 2 fully saturated rings. The van der Waals surface area contributed by atoms with Crippen LogP contribution in [0.2, 0.25) is 0 Å². The highest BCUT2D eigenvalue weighted by molar-refractivity contribution is 7.92. The molecule has 1 saturated carbocycles. The molecule has 128 valence electrons. The number of rotatable bonds is 4. The van der Waals surface area contributed by atoms with Crippen LogP contribution in [0.15, 0.2) is 0 Å². The molecule has 1 saturated heterocycles. The average molecular weight is 353 g/mol. The number of sulfone groups is 1. The SMILES string of the molecule is COC(=O)C1CCCCC1S(=O)(=O)NC1(C)CCS(=O)(=O)C1. The van der Waals surface area contributed by atoms with Crippen LogP contribution in [0.5, 0.6) is 0 Å². The van der Waals surface area contributed by atoms with E-state index in [-0.39, 0.29) is 17.9 Å². The highest BCUT2D eigenvalue weighted by atomic mass is 32.2. The maximum Gasteiger partial charge on any atom is 0.310 e. The molecule has 1 aliphatic carbocycles. The van der Waals surface area contributed by atoms with Gasteiger partial charge in [0, 0.05) is 5.54 Å². The van der Waals surface area contributed by atoms with Crippen molar-refractivity contribution in [3.8, 4) is 0 Å². The van der Waals surface area contributed by atoms with E-state index < -0.39 is 42.5 Å². The molecule has 0 amide bonds. The molecular weight excluding hydrogens is 330 g/mol. The lowest BCUT2D eigenvalue weighted by molar-refractivity contribution is -0.146. The van der Waals surface area contributed by atoms with Gasteiger partial charge in [-0.3, -0.25) is 4.79 Å². The minimum atomic E-state index is -3.79. The summed E-state index contributed by atoms with van der Waals surface area (Å²) in [5.74, 6) is -1.41. The predicted molar refractivity (Wildman–Crippen MR) is 81.5 cm³/mol. The van der Waals surface area contributed by atoms with E-state index in [0.717, 1.165) is 12.8 Å². The van der Waals surface area contributed by atoms with Gasteiger partial charge >= 0.3 is 5.97 Å². The number of hydrogen-bond acceptors (Lipinski definition) is 6. The second-order valence-electron chi connectivity index (χ2n) is 6.50. The molecule has 1 N–H and O–H groups in total. The molecule has 9 heteroatoms. The van der Waals surface area contributed by atoms with Crippen LogP contribution in [0.1, 0.15) is 39.0 Å². The van der Waals surface area contributed by atoms with Crippen LogP contribution >= 0.6 is 0 Å². The van der Waals surface area contributed by atoms with Crippen molar-refractivity contribution in [1.82, 2.24) is 4.72 Å². The number of carbonyl (C=O) groups is 1. The monoisotopic (exact) mass is 353 g/mol. The highest BCUT2D eigenvalue weighted by Gasteiger charge is 2.46. The Morgan fingerprint density at radius 3 is 2.45 bits per heavy atom. The number of carbonyl (C=O) groups excluding carboxylic acids is 1. The van der Waals surface area contributed by atoms with Gasteiger partial charge in [-0.05, 0) is 26.2 Å². The first kappa shape index (κ1) is 17.7. The molecule has 0 aromatic rings. The van der Waals surface area contributed by atoms with Crippen molar-refractivity contribution in [3.63, 3.8) is 0 Å². The Hall–Kier alpha value is -0.670. The maximum absolute atomic E-state index is 12.7. The van der Waals surface area contributed by atoms with Crippen LogP contribution in [0, 0.1) is 5.92 Å². The van der Waals surface area contributed by atoms with E-state index in [1.807, 2.05) is 0 Å². The first-order valence-electron chi connectivity index (χ1n) is 7.40. The van der Waals surface area contributed by atoms with Gasteiger partial charge < -0.3 is 4.74 Å². The summed E-state index contributed by atoms with van der Waals surface area (Å²) in [6, 6.07) is 0. The molecule has 22 heavy (non-hydrogen) atoms. The van der Waals surface area contributed by atoms with Crippen molar-refractivity contribution >= 4 is 25.8 Å². The van der Waals surface area contributed by atoms with Gasteiger partial charge in [0.1, 0.15) is 0 Å². The lowest BCUT2D eigenvalue weighted by Crippen LogP contribution is -2.53. The smallest absolute Gasteiger partial charge is 0.310 e. The topological polar surface area (TPSA) is 107 Å². The number of methoxy groups -OCH3 is 1. The maximum atomic E-state index is 12.7. The van der Waals surface area contributed by atoms with E-state index in [4.69, 9.17) is 4.74 Å². The zero-order chi connectivity index (χ0) is 16.6. The third-order valence-corrected chi connectivity index (χ3v) is 8.54. The molecule has 1 heterocycles. The molecule has 2 aliphatic rings. The van der Waals surface area contributed by atoms with Gasteiger partial charge in [-0.1, -0.05) is 12.8 Å². The van der Waals surface area contributed by atoms with Gasteiger partial charge in [0.25, 0.3) is 0 Å². The molecule has 0 aromatic heterocycles. The first-order valence-corrected chi connectivity index (χ1v) is 10.8. The Morgan fingerprint density at radius 1 is 1.27 bits per heavy atom. The number of sulfonamides is 1. The molecule has 3 atom stereocenters. The fourth-order valence-corrected chi connectivity index (χ4v) is 7.75. The molecular formula is C13H23NO6S2. The summed E-state index contributed by atoms with van der Waals surface area (Å²) in [4.78, 5) is 11.8. The van der Waals surface area contributed by atoms with E-state index in [1.54, 1.807) is 6.92 Å². The quantitative estimate of drug-likeness (QED) is 0.724. The van der Waals surface area contributed by atoms with Crippen LogP contribution in [-0.4, -0.2) is 52.2 Å². The zero-order valence-electron chi connectivity index (χ0n) is 12.9. The highest BCUT2D eigenvalue weighted by Crippen LogP contribution is 2.32. The van der Waals surface area contributed by atoms with Crippen molar-refractivity contribution < 1.29 is 26.4 Å². The lowest BCUT2D eigenvalue weighted by Gasteiger charge is -2.33. The van der Waals surface area contributed by atoms with Crippen LogP contribution in [0.4, 0.5) is 0 Å². The third-order valence-electron chi connectivity index (χ3n) is 4.50. The Labute approximate surface area is 131 Å². The Kier molecular flexibility index (Phi) is 4.89. The van der Waals surface area contributed by atoms with Crippen LogP contribution in [0.25, 0.3) is 0 Å². The summed E-state index contributed by atoms with van der Waals surface area (Å²) in [5.41, 5.74) is -0.990. The fraction of sp³-hybridized carbons (Fsp3) is 0.923. The second kappa shape index (κ2) is 6.09. The molecule has 7 nitrogen and oxygen atoms in total. The summed E-state index contributed by atoms with van der Waals surface area (Å²) in [7, 11) is -5.76. The van der Waals surface area contributed by atoms with Crippen LogP contribution in [-0.2, 0) is 29.4 Å². The van der Waals surface area contributed by atoms with E-state index in [9.17, 15) is 21.6 Å². The summed E-state index contributed by atoms with van der Waals surface area (Å²) in [6.07, 6.45) is 2.64. The van der Waals surface area contributed by atoms with Crippen molar-refractivity contribution in [1.29, 1.82) is 0 Å². The molecule has 0 aromatic carbocycles. The van der Waals surface area contributed by atoms with Gasteiger partial charge in [-0.15, -0.1) is 0 Å². The molecule has 3 unspecified atom stereocenters. The summed E-state index contributed by atoms with van der Waals surface area (Å²) in [5, 5.41) is -0.853. The molecule has 0 spiro atoms. The lowest BCUT2D eigenvalue weighted by atomic mass is 9.89. The van der Waals surface area contributed by atoms with E-state index in [2.05, 4.69) is 4.72 Å². The van der Waals surface area contributed by atoms with Gasteiger partial charge in [0.15, 0.2) is 9.84 Å². The molecule has 0 radical (unpaired) electrons. The summed E-state index contributed by atoms with van der Waals surface area (Å²) < 4.78 is 55.9. The van der Waals surface area contributed by atoms with Gasteiger partial charge in [0.05, 0.1) is 29.8 Å². The van der Waals surface area contributed by atoms with E-state index in [1.165, 1.54) is 7.11 Å². The largest absolute Gasteiger partial charge is 0.469 e. The van der Waals surface area contributed by atoms with Crippen molar-refractivity contribution in [3.05, 3.63) is 0 Å². The minimum Gasteiger partial charge on any atom is -0.469 e. The van der Waals surface area contributed by atoms with Gasteiger partial charge in [-0.2, -0.15) is 0 Å². The normalized spacial score (nSPS) is 35.2. The van der Waals surface area contributed by atoms with Crippen molar-refractivity contribution in [2.75, 3.05) is 18.6 Å². The van der Waals surface area contributed by atoms with Crippen molar-refractivity contribution in [2.24, 2.45) is 5.92 Å². The molecule has 1 aliphatic heterocycles. The Balaban J connectivity index is 2.20. The summed E-state index contributed by atoms with van der Waals surface area (Å²) in [6.45, 7) is 1.60. The Bertz CT molecular complexity index is 641. The number of ether oxygens (including phenoxy) is 1. The van der Waals surface area contributed by atoms with E-state index in [0.29, 0.717) is 12.8 Å². The number of hydrogen-bond donors (Lipinski definition) is 1. The fourth-order valence-electron chi connectivity index (χ4n) is 3.40. The molecule has 0 bridgehead atoms. The summed E-state index contributed by atoms with van der Waals surface area (Å²) >= 11 is 0. The van der Waals surface area contributed by atoms with Crippen LogP contribution in [0.3, 0.4) is 0 Å². The van der Waals surface area contributed by atoms with Crippen LogP contribution < -0.4 is 4.72 Å². The first-order chi connectivity index (χ1) is 10.1. The average Bonchev–Trinajstić information content (AvgIpc) is 2.70. The molecule has 2 rings (SSSR count). The standard InChI is InChI=1S/C13H23NO6S2/c1-13(7-8-21(16,17)9-13)14-22(18,19)11-6-4-3-5-10(11)12(15)20-2/h10-11,14H,3-9H2,1-2H3. The number of nitrogens with one attached hydrogen (secondary N) is 1.